The van der Waals surface area contributed by atoms with Gasteiger partial charge in [-0.3, -0.25) is 4.40 Å². The molecule has 0 bridgehead atoms. The molecular weight excluding hydrogens is 392 g/mol. The van der Waals surface area contributed by atoms with E-state index in [9.17, 15) is 0 Å². The number of para-hydroxylation sites is 2. The fourth-order valence-corrected chi connectivity index (χ4v) is 4.70. The van der Waals surface area contributed by atoms with Crippen molar-refractivity contribution in [3.05, 3.63) is 97.3 Å². The summed E-state index contributed by atoms with van der Waals surface area (Å²) in [6.45, 7) is 3.21. The minimum Gasteiger partial charge on any atom is -0.282 e. The maximum atomic E-state index is 4.97. The highest BCUT2D eigenvalue weighted by Crippen LogP contribution is 2.31. The molecule has 156 valence electrons. The van der Waals surface area contributed by atoms with Crippen LogP contribution >= 0.6 is 0 Å². The van der Waals surface area contributed by atoms with Crippen LogP contribution in [0.5, 0.6) is 0 Å². The molecule has 4 nitrogen and oxygen atoms in total. The predicted molar refractivity (Wildman–Crippen MR) is 130 cm³/mol. The second kappa shape index (κ2) is 7.65. The minimum absolute atomic E-state index is 0.967. The van der Waals surface area contributed by atoms with E-state index in [-0.39, 0.29) is 0 Å². The van der Waals surface area contributed by atoms with Crippen molar-refractivity contribution in [2.24, 2.45) is 0 Å². The number of aromatic nitrogens is 4. The summed E-state index contributed by atoms with van der Waals surface area (Å²) < 4.78 is 7.09. The van der Waals surface area contributed by atoms with Gasteiger partial charge in [0, 0.05) is 11.1 Å². The number of aryl methyl sites for hydroxylation is 1. The van der Waals surface area contributed by atoms with Crippen molar-refractivity contribution in [1.82, 2.24) is 13.8 Å². The number of hydrogen-bond donors (Lipinski definition) is 0. The van der Waals surface area contributed by atoms with Crippen LogP contribution in [0.25, 0.3) is 44.8 Å². The molecule has 0 aliphatic rings. The van der Waals surface area contributed by atoms with Crippen molar-refractivity contribution in [2.45, 2.75) is 26.3 Å². The number of benzene rings is 3. The smallest absolute Gasteiger partial charge is 0.282 e. The first-order valence-electron chi connectivity index (χ1n) is 11.3. The number of fused-ring (bicyclic) bond motifs is 6. The third-order valence-electron chi connectivity index (χ3n) is 6.22. The Kier molecular flexibility index (Phi) is 4.50. The first kappa shape index (κ1) is 18.8. The van der Waals surface area contributed by atoms with Crippen LogP contribution in [0.15, 0.2) is 97.3 Å². The Balaban J connectivity index is 1.79. The molecule has 0 aliphatic heterocycles. The molecular formula is C28H25N4+. The van der Waals surface area contributed by atoms with E-state index in [2.05, 4.69) is 111 Å². The highest BCUT2D eigenvalue weighted by Gasteiger charge is 2.27. The summed E-state index contributed by atoms with van der Waals surface area (Å²) in [5.74, 6) is 0. The van der Waals surface area contributed by atoms with Gasteiger partial charge >= 0.3 is 5.65 Å². The zero-order valence-electron chi connectivity index (χ0n) is 18.1. The molecule has 6 aromatic rings. The first-order chi connectivity index (χ1) is 15.9. The van der Waals surface area contributed by atoms with Gasteiger partial charge in [0.1, 0.15) is 6.20 Å². The molecule has 4 heteroatoms. The molecule has 0 amide bonds. The van der Waals surface area contributed by atoms with Gasteiger partial charge in [0.2, 0.25) is 5.65 Å². The Morgan fingerprint density at radius 2 is 1.31 bits per heavy atom. The van der Waals surface area contributed by atoms with E-state index in [0.29, 0.717) is 0 Å². The van der Waals surface area contributed by atoms with Gasteiger partial charge in [0.05, 0.1) is 24.0 Å². The summed E-state index contributed by atoms with van der Waals surface area (Å²) in [5.41, 5.74) is 9.15. The molecule has 0 atom stereocenters. The molecule has 0 aliphatic carbocycles. The second-order valence-electron chi connectivity index (χ2n) is 8.24. The lowest BCUT2D eigenvalue weighted by molar-refractivity contribution is -0.670. The molecule has 3 aromatic carbocycles. The lowest BCUT2D eigenvalue weighted by atomic mass is 10.1. The lowest BCUT2D eigenvalue weighted by Gasteiger charge is -2.08. The lowest BCUT2D eigenvalue weighted by Crippen LogP contribution is -2.32. The molecule has 0 N–H and O–H groups in total. The van der Waals surface area contributed by atoms with Gasteiger partial charge in [-0.25, -0.2) is 9.55 Å². The summed E-state index contributed by atoms with van der Waals surface area (Å²) in [6, 6.07) is 29.8. The Morgan fingerprint density at radius 1 is 0.719 bits per heavy atom. The van der Waals surface area contributed by atoms with Gasteiger partial charge in [-0.05, 0) is 18.6 Å². The van der Waals surface area contributed by atoms with Crippen LogP contribution in [-0.2, 0) is 6.54 Å². The van der Waals surface area contributed by atoms with E-state index in [1.165, 1.54) is 22.3 Å². The first-order valence-corrected chi connectivity index (χ1v) is 11.3. The normalized spacial score (nSPS) is 11.7. The van der Waals surface area contributed by atoms with Gasteiger partial charge in [-0.1, -0.05) is 86.1 Å². The van der Waals surface area contributed by atoms with Crippen molar-refractivity contribution in [3.8, 4) is 22.5 Å². The van der Waals surface area contributed by atoms with E-state index in [1.807, 2.05) is 6.20 Å². The highest BCUT2D eigenvalue weighted by atomic mass is 15.2. The van der Waals surface area contributed by atoms with Crippen LogP contribution in [0.1, 0.15) is 19.8 Å². The van der Waals surface area contributed by atoms with Gasteiger partial charge in [-0.15, -0.1) is 0 Å². The summed E-state index contributed by atoms with van der Waals surface area (Å²) in [6.07, 6.45) is 6.59. The van der Waals surface area contributed by atoms with Crippen molar-refractivity contribution in [1.29, 1.82) is 0 Å². The number of imidazole rings is 2. The van der Waals surface area contributed by atoms with Crippen molar-refractivity contribution < 1.29 is 4.57 Å². The SMILES string of the molecule is CCCC[n+]1cc(-c2ccccc2)n2c3ccccc3n3c(-c4ccccc4)cnc3c21. The Hall–Kier alpha value is -3.92. The van der Waals surface area contributed by atoms with Crippen LogP contribution in [0.3, 0.4) is 0 Å². The van der Waals surface area contributed by atoms with E-state index in [1.54, 1.807) is 0 Å². The van der Waals surface area contributed by atoms with Crippen molar-refractivity contribution in [3.63, 3.8) is 0 Å². The Morgan fingerprint density at radius 3 is 1.97 bits per heavy atom. The molecule has 3 aromatic heterocycles. The maximum Gasteiger partial charge on any atom is 0.331 e. The molecule has 0 saturated carbocycles. The maximum absolute atomic E-state index is 4.97. The third kappa shape index (κ3) is 2.83. The molecule has 0 unspecified atom stereocenters. The van der Waals surface area contributed by atoms with E-state index < -0.39 is 0 Å². The van der Waals surface area contributed by atoms with Gasteiger partial charge in [0.25, 0.3) is 0 Å². The number of rotatable bonds is 5. The van der Waals surface area contributed by atoms with Gasteiger partial charge in [-0.2, -0.15) is 4.40 Å². The quantitative estimate of drug-likeness (QED) is 0.308. The summed E-state index contributed by atoms with van der Waals surface area (Å²) >= 11 is 0. The average Bonchev–Trinajstić information content (AvgIpc) is 3.46. The number of unbranched alkanes of at least 4 members (excludes halogenated alkanes) is 1. The van der Waals surface area contributed by atoms with Crippen LogP contribution < -0.4 is 4.57 Å². The summed E-state index contributed by atoms with van der Waals surface area (Å²) in [4.78, 5) is 4.97. The Bertz CT molecular complexity index is 1540. The standard InChI is InChI=1S/C28H25N4/c1-2-3-18-30-20-26(22-14-8-5-9-15-22)32-24-17-11-10-16-23(24)31-25(19-29-27(31)28(30)32)21-12-6-4-7-13-21/h4-17,19-20H,2-3,18H2,1H3/q+1. The second-order valence-corrected chi connectivity index (χ2v) is 8.24. The zero-order chi connectivity index (χ0) is 21.5. The van der Waals surface area contributed by atoms with Crippen LogP contribution in [0.2, 0.25) is 0 Å². The molecule has 0 spiro atoms. The molecule has 6 rings (SSSR count). The topological polar surface area (TPSA) is 25.6 Å². The van der Waals surface area contributed by atoms with Crippen molar-refractivity contribution in [2.75, 3.05) is 0 Å². The van der Waals surface area contributed by atoms with Crippen LogP contribution in [0.4, 0.5) is 0 Å². The largest absolute Gasteiger partial charge is 0.331 e. The summed E-state index contributed by atoms with van der Waals surface area (Å²) in [5, 5.41) is 0. The molecule has 3 heterocycles. The molecule has 32 heavy (non-hydrogen) atoms. The van der Waals surface area contributed by atoms with Crippen molar-refractivity contribution >= 4 is 22.3 Å². The number of nitrogens with zero attached hydrogens (tertiary/aromatic N) is 4. The zero-order valence-corrected chi connectivity index (χ0v) is 18.1. The number of hydrogen-bond acceptors (Lipinski definition) is 1. The highest BCUT2D eigenvalue weighted by molar-refractivity contribution is 5.89. The van der Waals surface area contributed by atoms with E-state index in [4.69, 9.17) is 4.98 Å². The molecule has 0 radical (unpaired) electrons. The molecule has 0 fully saturated rings. The minimum atomic E-state index is 0.967. The molecule has 0 saturated heterocycles. The monoisotopic (exact) mass is 417 g/mol. The predicted octanol–water partition coefficient (Wildman–Crippen LogP) is 6.16. The van der Waals surface area contributed by atoms with Gasteiger partial charge in [0.15, 0.2) is 11.2 Å². The average molecular weight is 418 g/mol. The van der Waals surface area contributed by atoms with E-state index in [0.717, 1.165) is 41.9 Å². The van der Waals surface area contributed by atoms with Crippen LogP contribution in [0, 0.1) is 0 Å². The van der Waals surface area contributed by atoms with Crippen LogP contribution in [-0.4, -0.2) is 13.8 Å². The van der Waals surface area contributed by atoms with Gasteiger partial charge < -0.3 is 0 Å². The van der Waals surface area contributed by atoms with E-state index >= 15 is 0 Å². The summed E-state index contributed by atoms with van der Waals surface area (Å²) in [7, 11) is 0. The Labute approximate surface area is 187 Å². The third-order valence-corrected chi connectivity index (χ3v) is 6.22. The fourth-order valence-electron chi connectivity index (χ4n) is 4.70. The fraction of sp³-hybridized carbons (Fsp3) is 0.143.